The number of piperazine rings is 1. The van der Waals surface area contributed by atoms with Crippen molar-refractivity contribution in [3.8, 4) is 0 Å². The molecule has 1 aromatic rings. The highest BCUT2D eigenvalue weighted by Crippen LogP contribution is 2.24. The quantitative estimate of drug-likeness (QED) is 0.628. The molecular weight excluding hydrogens is 386 g/mol. The number of anilines is 2. The number of benzene rings is 1. The largest absolute Gasteiger partial charge is 0.446 e. The molecule has 3 N–H and O–H groups in total. The van der Waals surface area contributed by atoms with Crippen LogP contribution in [0, 0.1) is 0 Å². The van der Waals surface area contributed by atoms with Gasteiger partial charge in [0.2, 0.25) is 11.8 Å². The van der Waals surface area contributed by atoms with E-state index in [9.17, 15) is 14.4 Å². The second kappa shape index (κ2) is 9.34. The third kappa shape index (κ3) is 5.02. The van der Waals surface area contributed by atoms with Gasteiger partial charge in [-0.25, -0.2) is 4.79 Å². The van der Waals surface area contributed by atoms with Gasteiger partial charge in [0.15, 0.2) is 0 Å². The van der Waals surface area contributed by atoms with Crippen molar-refractivity contribution in [3.63, 3.8) is 0 Å². The first-order chi connectivity index (χ1) is 14.6. The van der Waals surface area contributed by atoms with Gasteiger partial charge in [0, 0.05) is 69.9 Å². The Labute approximate surface area is 176 Å². The van der Waals surface area contributed by atoms with Crippen LogP contribution in [-0.2, 0) is 14.3 Å². The second-order valence-electron chi connectivity index (χ2n) is 8.00. The van der Waals surface area contributed by atoms with E-state index in [1.54, 1.807) is 4.90 Å². The Balaban J connectivity index is 1.24. The summed E-state index contributed by atoms with van der Waals surface area (Å²) in [5.74, 6) is -0.483. The molecule has 0 aromatic heterocycles. The summed E-state index contributed by atoms with van der Waals surface area (Å²) in [6.07, 6.45) is 2.26. The average Bonchev–Trinajstić information content (AvgIpc) is 2.77. The van der Waals surface area contributed by atoms with E-state index >= 15 is 0 Å². The van der Waals surface area contributed by atoms with Gasteiger partial charge in [-0.1, -0.05) is 0 Å². The fraction of sp³-hybridized carbons (Fsp3) is 0.571. The number of carbonyl (C=O) groups excluding carboxylic acids is 3. The molecule has 4 rings (SSSR count). The molecule has 0 aliphatic carbocycles. The van der Waals surface area contributed by atoms with Gasteiger partial charge in [-0.3, -0.25) is 14.9 Å². The summed E-state index contributed by atoms with van der Waals surface area (Å²) in [7, 11) is 0. The van der Waals surface area contributed by atoms with Crippen molar-refractivity contribution >= 4 is 29.3 Å². The molecule has 3 aliphatic rings. The summed E-state index contributed by atoms with van der Waals surface area (Å²) >= 11 is 0. The smallest absolute Gasteiger partial charge is 0.410 e. The van der Waals surface area contributed by atoms with E-state index in [1.165, 1.54) is 0 Å². The molecule has 0 bridgehead atoms. The molecule has 0 spiro atoms. The average molecular weight is 415 g/mol. The zero-order valence-electron chi connectivity index (χ0n) is 17.1. The zero-order valence-corrected chi connectivity index (χ0v) is 17.1. The number of imide groups is 1. The molecule has 1 atom stereocenters. The number of carbonyl (C=O) groups is 3. The Morgan fingerprint density at radius 3 is 2.37 bits per heavy atom. The highest BCUT2D eigenvalue weighted by molar-refractivity contribution is 6.01. The highest BCUT2D eigenvalue weighted by atomic mass is 16.6. The Hall–Kier alpha value is -2.81. The number of nitrogens with zero attached hydrogens (tertiary/aromatic N) is 2. The maximum atomic E-state index is 12.3. The molecule has 30 heavy (non-hydrogen) atoms. The van der Waals surface area contributed by atoms with Gasteiger partial charge in [-0.05, 0) is 30.7 Å². The lowest BCUT2D eigenvalue weighted by Gasteiger charge is -2.35. The highest BCUT2D eigenvalue weighted by Gasteiger charge is 2.27. The number of hydrogen-bond donors (Lipinski definition) is 3. The Kier molecular flexibility index (Phi) is 6.37. The van der Waals surface area contributed by atoms with Crippen LogP contribution in [0.1, 0.15) is 25.7 Å². The molecule has 0 saturated carbocycles. The molecule has 3 amide bonds. The van der Waals surface area contributed by atoms with Gasteiger partial charge < -0.3 is 25.2 Å². The van der Waals surface area contributed by atoms with E-state index in [-0.39, 0.29) is 30.1 Å². The SMILES string of the molecule is O=C1CCC(Nc2ccc(N3CCC(OC(=O)N4CCNCC4)CC3)cc2)C(=O)N1. The number of hydrogen-bond acceptors (Lipinski definition) is 7. The van der Waals surface area contributed by atoms with E-state index in [1.807, 2.05) is 24.3 Å². The summed E-state index contributed by atoms with van der Waals surface area (Å²) in [6, 6.07) is 7.59. The second-order valence-corrected chi connectivity index (χ2v) is 8.00. The summed E-state index contributed by atoms with van der Waals surface area (Å²) in [5.41, 5.74) is 1.96. The number of piperidine rings is 2. The van der Waals surface area contributed by atoms with Crippen LogP contribution in [0.5, 0.6) is 0 Å². The van der Waals surface area contributed by atoms with E-state index in [4.69, 9.17) is 4.74 Å². The maximum Gasteiger partial charge on any atom is 0.410 e. The molecule has 9 nitrogen and oxygen atoms in total. The van der Waals surface area contributed by atoms with Crippen molar-refractivity contribution in [2.24, 2.45) is 0 Å². The maximum absolute atomic E-state index is 12.3. The standard InChI is InChI=1S/C21H29N5O4/c27-19-6-5-18(20(28)24-19)23-15-1-3-16(4-2-15)25-11-7-17(8-12-25)30-21(29)26-13-9-22-10-14-26/h1-4,17-18,22-23H,5-14H2,(H,24,27,28). The van der Waals surface area contributed by atoms with Gasteiger partial charge >= 0.3 is 6.09 Å². The minimum absolute atomic E-state index is 0.0305. The molecule has 1 aromatic carbocycles. The molecule has 162 valence electrons. The lowest BCUT2D eigenvalue weighted by Crippen LogP contribution is -2.48. The molecule has 3 fully saturated rings. The predicted molar refractivity (Wildman–Crippen MR) is 112 cm³/mol. The van der Waals surface area contributed by atoms with Crippen LogP contribution in [0.4, 0.5) is 16.2 Å². The lowest BCUT2D eigenvalue weighted by molar-refractivity contribution is -0.133. The first-order valence-corrected chi connectivity index (χ1v) is 10.7. The van der Waals surface area contributed by atoms with E-state index in [0.29, 0.717) is 25.9 Å². The van der Waals surface area contributed by atoms with Crippen LogP contribution >= 0.6 is 0 Å². The number of amides is 3. The monoisotopic (exact) mass is 415 g/mol. The zero-order chi connectivity index (χ0) is 20.9. The summed E-state index contributed by atoms with van der Waals surface area (Å²) in [4.78, 5) is 39.5. The van der Waals surface area contributed by atoms with Crippen LogP contribution in [0.15, 0.2) is 24.3 Å². The van der Waals surface area contributed by atoms with Crippen molar-refractivity contribution < 1.29 is 19.1 Å². The van der Waals surface area contributed by atoms with Crippen molar-refractivity contribution in [1.82, 2.24) is 15.5 Å². The summed E-state index contributed by atoms with van der Waals surface area (Å²) in [5, 5.41) is 8.79. The van der Waals surface area contributed by atoms with Crippen molar-refractivity contribution in [2.75, 3.05) is 49.5 Å². The van der Waals surface area contributed by atoms with Crippen LogP contribution in [-0.4, -0.2) is 74.2 Å². The fourth-order valence-corrected chi connectivity index (χ4v) is 4.10. The number of ether oxygens (including phenoxy) is 1. The van der Waals surface area contributed by atoms with Crippen LogP contribution < -0.4 is 20.9 Å². The fourth-order valence-electron chi connectivity index (χ4n) is 4.10. The van der Waals surface area contributed by atoms with Gasteiger partial charge in [-0.15, -0.1) is 0 Å². The molecule has 0 radical (unpaired) electrons. The van der Waals surface area contributed by atoms with Gasteiger partial charge in [0.05, 0.1) is 0 Å². The van der Waals surface area contributed by atoms with Gasteiger partial charge in [-0.2, -0.15) is 0 Å². The van der Waals surface area contributed by atoms with Crippen LogP contribution in [0.2, 0.25) is 0 Å². The molecule has 3 saturated heterocycles. The predicted octanol–water partition coefficient (Wildman–Crippen LogP) is 0.914. The Morgan fingerprint density at radius 2 is 1.70 bits per heavy atom. The van der Waals surface area contributed by atoms with Crippen molar-refractivity contribution in [3.05, 3.63) is 24.3 Å². The normalized spacial score (nSPS) is 23.1. The minimum atomic E-state index is -0.380. The van der Waals surface area contributed by atoms with E-state index < -0.39 is 0 Å². The third-order valence-corrected chi connectivity index (χ3v) is 5.90. The Bertz CT molecular complexity index is 770. The topological polar surface area (TPSA) is 103 Å². The molecule has 9 heteroatoms. The van der Waals surface area contributed by atoms with Crippen LogP contribution in [0.3, 0.4) is 0 Å². The summed E-state index contributed by atoms with van der Waals surface area (Å²) < 4.78 is 5.70. The van der Waals surface area contributed by atoms with Crippen molar-refractivity contribution in [2.45, 2.75) is 37.8 Å². The van der Waals surface area contributed by atoms with E-state index in [2.05, 4.69) is 20.9 Å². The summed E-state index contributed by atoms with van der Waals surface area (Å²) in [6.45, 7) is 4.72. The van der Waals surface area contributed by atoms with Gasteiger partial charge in [0.25, 0.3) is 0 Å². The third-order valence-electron chi connectivity index (χ3n) is 5.90. The lowest BCUT2D eigenvalue weighted by atomic mass is 10.1. The molecule has 1 unspecified atom stereocenters. The first-order valence-electron chi connectivity index (χ1n) is 10.7. The van der Waals surface area contributed by atoms with Gasteiger partial charge in [0.1, 0.15) is 12.1 Å². The van der Waals surface area contributed by atoms with Crippen LogP contribution in [0.25, 0.3) is 0 Å². The van der Waals surface area contributed by atoms with Crippen molar-refractivity contribution in [1.29, 1.82) is 0 Å². The first kappa shape index (κ1) is 20.5. The molecule has 3 aliphatic heterocycles. The number of nitrogens with one attached hydrogen (secondary N) is 3. The number of rotatable bonds is 4. The molecular formula is C21H29N5O4. The van der Waals surface area contributed by atoms with E-state index in [0.717, 1.165) is 50.4 Å². The molecule has 3 heterocycles. The Morgan fingerprint density at radius 1 is 1.00 bits per heavy atom. The minimum Gasteiger partial charge on any atom is -0.446 e.